The molecule has 0 radical (unpaired) electrons. The first kappa shape index (κ1) is 18.1. The molecule has 0 aliphatic heterocycles. The predicted molar refractivity (Wildman–Crippen MR) is 86.2 cm³/mol. The van der Waals surface area contributed by atoms with Gasteiger partial charge in [-0.15, -0.1) is 0 Å². The summed E-state index contributed by atoms with van der Waals surface area (Å²) in [5, 5.41) is 18.8. The number of nitrogens with zero attached hydrogens (tertiary/aromatic N) is 1. The van der Waals surface area contributed by atoms with Gasteiger partial charge in [0, 0.05) is 13.1 Å². The molecule has 1 aromatic rings. The van der Waals surface area contributed by atoms with Crippen LogP contribution >= 0.6 is 0 Å². The Morgan fingerprint density at radius 1 is 1.09 bits per heavy atom. The van der Waals surface area contributed by atoms with Crippen molar-refractivity contribution in [3.05, 3.63) is 23.8 Å². The van der Waals surface area contributed by atoms with Crippen molar-refractivity contribution < 1.29 is 19.7 Å². The third-order valence-corrected chi connectivity index (χ3v) is 3.52. The van der Waals surface area contributed by atoms with Crippen LogP contribution in [0.1, 0.15) is 45.1 Å². The lowest BCUT2D eigenvalue weighted by Gasteiger charge is -2.22. The highest BCUT2D eigenvalue weighted by Gasteiger charge is 2.14. The van der Waals surface area contributed by atoms with E-state index in [1.807, 2.05) is 0 Å². The van der Waals surface area contributed by atoms with E-state index in [1.54, 1.807) is 17.9 Å². The molecule has 0 aliphatic carbocycles. The number of rotatable bonds is 9. The third-order valence-electron chi connectivity index (χ3n) is 3.52. The lowest BCUT2D eigenvalue weighted by atomic mass is 10.1. The maximum Gasteiger partial charge on any atom is 0.409 e. The van der Waals surface area contributed by atoms with Crippen LogP contribution < -0.4 is 0 Å². The highest BCUT2D eigenvalue weighted by molar-refractivity contribution is 5.67. The minimum absolute atomic E-state index is 0.134. The van der Waals surface area contributed by atoms with E-state index in [4.69, 9.17) is 4.74 Å². The van der Waals surface area contributed by atoms with Crippen molar-refractivity contribution in [2.75, 3.05) is 19.7 Å². The Hall–Kier alpha value is -1.91. The molecule has 0 unspecified atom stereocenters. The second-order valence-corrected chi connectivity index (χ2v) is 5.32. The number of carbonyl (C=O) groups is 1. The van der Waals surface area contributed by atoms with Gasteiger partial charge in [0.2, 0.25) is 0 Å². The highest BCUT2D eigenvalue weighted by Crippen LogP contribution is 2.25. The molecule has 1 rings (SSSR count). The van der Waals surface area contributed by atoms with E-state index in [0.29, 0.717) is 26.1 Å². The fraction of sp³-hybridized carbons (Fsp3) is 0.588. The molecule has 0 spiro atoms. The number of hydrogen-bond donors (Lipinski definition) is 2. The number of unbranched alkanes of at least 4 members (excludes halogenated alkanes) is 3. The van der Waals surface area contributed by atoms with Gasteiger partial charge in [-0.2, -0.15) is 0 Å². The predicted octanol–water partition coefficient (Wildman–Crippen LogP) is 3.68. The van der Waals surface area contributed by atoms with Gasteiger partial charge >= 0.3 is 6.09 Å². The number of amides is 1. The fourth-order valence-electron chi connectivity index (χ4n) is 2.23. The Morgan fingerprint density at radius 3 is 2.50 bits per heavy atom. The van der Waals surface area contributed by atoms with E-state index in [9.17, 15) is 15.0 Å². The lowest BCUT2D eigenvalue weighted by molar-refractivity contribution is 0.107. The number of hydrogen-bond acceptors (Lipinski definition) is 4. The summed E-state index contributed by atoms with van der Waals surface area (Å²) >= 11 is 0. The molecule has 0 aromatic heterocycles. The molecule has 1 amide bonds. The SMILES string of the molecule is CCCCCCN(CCc1ccc(O)c(O)c1)C(=O)OCC. The quantitative estimate of drug-likeness (QED) is 0.539. The average molecular weight is 309 g/mol. The first-order valence-electron chi connectivity index (χ1n) is 8.01. The Kier molecular flexibility index (Phi) is 8.18. The van der Waals surface area contributed by atoms with Crippen LogP contribution in [0.15, 0.2) is 18.2 Å². The Bertz CT molecular complexity index is 462. The largest absolute Gasteiger partial charge is 0.504 e. The van der Waals surface area contributed by atoms with Crippen molar-refractivity contribution in [1.82, 2.24) is 4.90 Å². The summed E-state index contributed by atoms with van der Waals surface area (Å²) in [6, 6.07) is 4.73. The summed E-state index contributed by atoms with van der Waals surface area (Å²) in [6.07, 6.45) is 4.72. The molecule has 2 N–H and O–H groups in total. The smallest absolute Gasteiger partial charge is 0.409 e. The number of carbonyl (C=O) groups excluding carboxylic acids is 1. The average Bonchev–Trinajstić information content (AvgIpc) is 2.50. The van der Waals surface area contributed by atoms with E-state index < -0.39 is 0 Å². The van der Waals surface area contributed by atoms with Crippen molar-refractivity contribution in [3.8, 4) is 11.5 Å². The minimum atomic E-state index is -0.290. The number of phenolic OH excluding ortho intramolecular Hbond substituents is 2. The van der Waals surface area contributed by atoms with Crippen LogP contribution in [0.5, 0.6) is 11.5 Å². The van der Waals surface area contributed by atoms with Gasteiger partial charge in [-0.3, -0.25) is 0 Å². The highest BCUT2D eigenvalue weighted by atomic mass is 16.6. The zero-order valence-corrected chi connectivity index (χ0v) is 13.5. The lowest BCUT2D eigenvalue weighted by Crippen LogP contribution is -2.34. The van der Waals surface area contributed by atoms with Gasteiger partial charge in [-0.05, 0) is 37.5 Å². The van der Waals surface area contributed by atoms with Crippen LogP contribution in [-0.4, -0.2) is 40.9 Å². The minimum Gasteiger partial charge on any atom is -0.504 e. The molecule has 0 bridgehead atoms. The zero-order chi connectivity index (χ0) is 16.4. The summed E-state index contributed by atoms with van der Waals surface area (Å²) in [5.41, 5.74) is 0.873. The Balaban J connectivity index is 2.54. The van der Waals surface area contributed by atoms with Crippen LogP contribution in [0.4, 0.5) is 4.79 Å². The van der Waals surface area contributed by atoms with Gasteiger partial charge in [-0.25, -0.2) is 4.79 Å². The van der Waals surface area contributed by atoms with Crippen molar-refractivity contribution in [2.24, 2.45) is 0 Å². The van der Waals surface area contributed by atoms with Crippen LogP contribution in [0.25, 0.3) is 0 Å². The molecule has 5 nitrogen and oxygen atoms in total. The van der Waals surface area contributed by atoms with Crippen molar-refractivity contribution in [1.29, 1.82) is 0 Å². The molecule has 0 saturated heterocycles. The number of aromatic hydroxyl groups is 2. The van der Waals surface area contributed by atoms with Crippen molar-refractivity contribution in [3.63, 3.8) is 0 Å². The number of phenols is 2. The molecule has 0 aliphatic rings. The van der Waals surface area contributed by atoms with E-state index in [0.717, 1.165) is 24.8 Å². The molecule has 0 fully saturated rings. The van der Waals surface area contributed by atoms with E-state index in [2.05, 4.69) is 6.92 Å². The monoisotopic (exact) mass is 309 g/mol. The topological polar surface area (TPSA) is 70.0 Å². The number of benzene rings is 1. The van der Waals surface area contributed by atoms with Gasteiger partial charge in [0.05, 0.1) is 6.61 Å². The summed E-state index contributed by atoms with van der Waals surface area (Å²) in [5.74, 6) is -0.270. The molecular weight excluding hydrogens is 282 g/mol. The van der Waals surface area contributed by atoms with E-state index >= 15 is 0 Å². The number of ether oxygens (including phenoxy) is 1. The molecular formula is C17H27NO4. The first-order chi connectivity index (χ1) is 10.6. The molecule has 1 aromatic carbocycles. The molecule has 0 heterocycles. The Labute approximate surface area is 132 Å². The molecule has 22 heavy (non-hydrogen) atoms. The molecule has 124 valence electrons. The van der Waals surface area contributed by atoms with Crippen LogP contribution in [0.3, 0.4) is 0 Å². The first-order valence-corrected chi connectivity index (χ1v) is 8.01. The second kappa shape index (κ2) is 9.92. The van der Waals surface area contributed by atoms with Crippen LogP contribution in [-0.2, 0) is 11.2 Å². The third kappa shape index (κ3) is 6.24. The maximum absolute atomic E-state index is 12.0. The van der Waals surface area contributed by atoms with E-state index in [1.165, 1.54) is 18.6 Å². The van der Waals surface area contributed by atoms with Crippen molar-refractivity contribution >= 4 is 6.09 Å². The van der Waals surface area contributed by atoms with Crippen LogP contribution in [0, 0.1) is 0 Å². The van der Waals surface area contributed by atoms with Gasteiger partial charge in [0.25, 0.3) is 0 Å². The molecule has 0 saturated carbocycles. The summed E-state index contributed by atoms with van der Waals surface area (Å²) < 4.78 is 5.09. The molecule has 5 heteroatoms. The fourth-order valence-corrected chi connectivity index (χ4v) is 2.23. The maximum atomic E-state index is 12.0. The van der Waals surface area contributed by atoms with Crippen LogP contribution in [0.2, 0.25) is 0 Å². The summed E-state index contributed by atoms with van der Waals surface area (Å²) in [4.78, 5) is 13.7. The van der Waals surface area contributed by atoms with Crippen molar-refractivity contribution in [2.45, 2.75) is 46.0 Å². The summed E-state index contributed by atoms with van der Waals surface area (Å²) in [7, 11) is 0. The van der Waals surface area contributed by atoms with Gasteiger partial charge in [0.1, 0.15) is 0 Å². The second-order valence-electron chi connectivity index (χ2n) is 5.32. The standard InChI is InChI=1S/C17H27NO4/c1-3-5-6-7-11-18(17(21)22-4-2)12-10-14-8-9-15(19)16(20)13-14/h8-9,13,19-20H,3-7,10-12H2,1-2H3. The normalized spacial score (nSPS) is 10.5. The molecule has 0 atom stereocenters. The Morgan fingerprint density at radius 2 is 1.86 bits per heavy atom. The van der Waals surface area contributed by atoms with Gasteiger partial charge in [-0.1, -0.05) is 32.3 Å². The summed E-state index contributed by atoms with van der Waals surface area (Å²) in [6.45, 7) is 5.54. The van der Waals surface area contributed by atoms with Gasteiger partial charge in [0.15, 0.2) is 11.5 Å². The van der Waals surface area contributed by atoms with E-state index in [-0.39, 0.29) is 17.6 Å². The van der Waals surface area contributed by atoms with Gasteiger partial charge < -0.3 is 19.8 Å². The zero-order valence-electron chi connectivity index (χ0n) is 13.5.